The van der Waals surface area contributed by atoms with Crippen LogP contribution in [-0.2, 0) is 29.2 Å². The van der Waals surface area contributed by atoms with Crippen molar-refractivity contribution in [1.29, 1.82) is 0 Å². The monoisotopic (exact) mass is 390 g/mol. The van der Waals surface area contributed by atoms with Gasteiger partial charge in [0.15, 0.2) is 6.29 Å². The molecule has 1 heterocycles. The first kappa shape index (κ1) is 22.2. The quantitative estimate of drug-likeness (QED) is 0.289. The van der Waals surface area contributed by atoms with E-state index in [2.05, 4.69) is 4.74 Å². The maximum atomic E-state index is 12.7. The predicted molar refractivity (Wildman–Crippen MR) is 83.2 cm³/mol. The molecule has 0 saturated carbocycles. The second kappa shape index (κ2) is 11.0. The van der Waals surface area contributed by atoms with Gasteiger partial charge in [-0.25, -0.2) is 4.79 Å². The molecule has 0 spiro atoms. The molecule has 148 valence electrons. The lowest BCUT2D eigenvalue weighted by Crippen LogP contribution is -2.37. The van der Waals surface area contributed by atoms with Crippen LogP contribution in [-0.4, -0.2) is 45.8 Å². The summed E-state index contributed by atoms with van der Waals surface area (Å²) in [6.45, 7) is 1.01. The first-order chi connectivity index (χ1) is 11.7. The molecular weight excluding hydrogens is 365 g/mol. The molecule has 1 aliphatic heterocycles. The molecule has 10 heteroatoms. The molecule has 0 bridgehead atoms. The minimum Gasteiger partial charge on any atom is -0.460 e. The summed E-state index contributed by atoms with van der Waals surface area (Å²) in [6, 6.07) is 0. The number of rotatable bonds is 12. The zero-order valence-corrected chi connectivity index (χ0v) is 14.9. The molecule has 1 unspecified atom stereocenters. The highest BCUT2D eigenvalue weighted by Crippen LogP contribution is 2.25. The normalized spacial score (nSPS) is 18.9. The molecule has 0 N–H and O–H groups in total. The number of carbonyl (C=O) groups is 1. The Morgan fingerprint density at radius 1 is 1.04 bits per heavy atom. The fraction of sp³-hybridized carbons (Fsp3) is 0.933. The topological polar surface area (TPSA) is 78.9 Å². The highest BCUT2D eigenvalue weighted by molar-refractivity contribution is 7.88. The van der Waals surface area contributed by atoms with Gasteiger partial charge in [0, 0.05) is 13.2 Å². The molecule has 0 aliphatic carbocycles. The fourth-order valence-corrected chi connectivity index (χ4v) is 2.58. The highest BCUT2D eigenvalue weighted by Gasteiger charge is 2.55. The molecule has 1 aliphatic rings. The third-order valence-electron chi connectivity index (χ3n) is 3.76. The van der Waals surface area contributed by atoms with E-state index in [4.69, 9.17) is 9.47 Å². The van der Waals surface area contributed by atoms with Gasteiger partial charge < -0.3 is 14.2 Å². The molecule has 6 nitrogen and oxygen atoms in total. The molecule has 0 amide bonds. The van der Waals surface area contributed by atoms with E-state index in [0.29, 0.717) is 19.4 Å². The lowest BCUT2D eigenvalue weighted by atomic mass is 10.1. The van der Waals surface area contributed by atoms with Gasteiger partial charge in [0.1, 0.15) is 0 Å². The molecule has 1 fully saturated rings. The lowest BCUT2D eigenvalue weighted by molar-refractivity contribution is -0.163. The molecule has 0 aromatic heterocycles. The summed E-state index contributed by atoms with van der Waals surface area (Å²) in [4.78, 5) is 10.8. The van der Waals surface area contributed by atoms with Gasteiger partial charge in [-0.2, -0.15) is 17.2 Å². The van der Waals surface area contributed by atoms with E-state index in [1.807, 2.05) is 0 Å². The van der Waals surface area contributed by atoms with E-state index in [1.165, 1.54) is 0 Å². The lowest BCUT2D eigenvalue weighted by Gasteiger charge is -2.22. The number of hydrogen-bond acceptors (Lipinski definition) is 6. The van der Waals surface area contributed by atoms with Crippen molar-refractivity contribution in [2.24, 2.45) is 0 Å². The largest absolute Gasteiger partial charge is 0.470 e. The van der Waals surface area contributed by atoms with E-state index < -0.39 is 21.4 Å². The summed E-state index contributed by atoms with van der Waals surface area (Å²) >= 11 is 0. The van der Waals surface area contributed by atoms with Gasteiger partial charge in [-0.05, 0) is 32.1 Å². The van der Waals surface area contributed by atoms with Crippen molar-refractivity contribution in [1.82, 2.24) is 0 Å². The summed E-state index contributed by atoms with van der Waals surface area (Å²) < 4.78 is 73.1. The van der Waals surface area contributed by atoms with Crippen molar-refractivity contribution in [2.45, 2.75) is 69.3 Å². The Balaban J connectivity index is 1.94. The summed E-state index contributed by atoms with van der Waals surface area (Å²) in [5.41, 5.74) is 0. The first-order valence-corrected chi connectivity index (χ1v) is 9.86. The Labute approximate surface area is 146 Å². The van der Waals surface area contributed by atoms with Crippen molar-refractivity contribution in [2.75, 3.05) is 19.8 Å². The van der Waals surface area contributed by atoms with E-state index in [1.54, 1.807) is 0 Å². The average Bonchev–Trinajstić information content (AvgIpc) is 2.56. The van der Waals surface area contributed by atoms with Gasteiger partial charge in [0.05, 0.1) is 6.61 Å². The molecular formula is C15H25F3O6S. The number of unbranched alkanes of at least 4 members (excludes halogenated alkanes) is 5. The molecule has 0 radical (unpaired) electrons. The van der Waals surface area contributed by atoms with Crippen LogP contribution in [0.5, 0.6) is 0 Å². The van der Waals surface area contributed by atoms with Crippen LogP contribution < -0.4 is 0 Å². The zero-order chi connectivity index (χ0) is 18.8. The second-order valence-electron chi connectivity index (χ2n) is 5.88. The van der Waals surface area contributed by atoms with Crippen LogP contribution in [0, 0.1) is 0 Å². The minimum atomic E-state index is -6.30. The number of hydrogen-bond donors (Lipinski definition) is 0. The maximum Gasteiger partial charge on any atom is 0.470 e. The predicted octanol–water partition coefficient (Wildman–Crippen LogP) is 3.31. The van der Waals surface area contributed by atoms with Crippen LogP contribution in [0.1, 0.15) is 57.8 Å². The Kier molecular flexibility index (Phi) is 9.73. The summed E-state index contributed by atoms with van der Waals surface area (Å²) in [5.74, 6) is -2.38. The van der Waals surface area contributed by atoms with Crippen molar-refractivity contribution in [3.63, 3.8) is 0 Å². The van der Waals surface area contributed by atoms with Crippen molar-refractivity contribution < 1.29 is 40.1 Å². The third-order valence-corrected chi connectivity index (χ3v) is 4.54. The van der Waals surface area contributed by atoms with Crippen LogP contribution in [0.2, 0.25) is 0 Å². The summed E-state index contributed by atoms with van der Waals surface area (Å²) in [7, 11) is -6.30. The number of alkyl halides is 2. The SMILES string of the molecule is O=C(OCCCCCCCCOC1CCCCO1)C(F)(F)S(=O)(=O)F. The fourth-order valence-electron chi connectivity index (χ4n) is 2.32. The third kappa shape index (κ3) is 8.37. The Hall–Kier alpha value is -0.870. The standard InChI is InChI=1S/C15H25F3O6S/c16-15(17,25(18,20)21)14(19)24-12-7-4-2-1-3-6-10-22-13-9-5-8-11-23-13/h13H,1-12H2. The van der Waals surface area contributed by atoms with Crippen LogP contribution in [0.3, 0.4) is 0 Å². The van der Waals surface area contributed by atoms with Crippen molar-refractivity contribution >= 4 is 16.2 Å². The average molecular weight is 390 g/mol. The van der Waals surface area contributed by atoms with Gasteiger partial charge in [0.2, 0.25) is 0 Å². The van der Waals surface area contributed by atoms with Crippen LogP contribution in [0.15, 0.2) is 0 Å². The molecule has 0 aromatic rings. The summed E-state index contributed by atoms with van der Waals surface area (Å²) in [5, 5.41) is -5.14. The number of esters is 1. The van der Waals surface area contributed by atoms with E-state index in [9.17, 15) is 25.9 Å². The number of carbonyl (C=O) groups excluding carboxylic acids is 1. The van der Waals surface area contributed by atoms with Crippen molar-refractivity contribution in [3.05, 3.63) is 0 Å². The Bertz CT molecular complexity index is 491. The second-order valence-corrected chi connectivity index (χ2v) is 7.27. The van der Waals surface area contributed by atoms with Gasteiger partial charge in [-0.3, -0.25) is 0 Å². The van der Waals surface area contributed by atoms with E-state index >= 15 is 0 Å². The number of halogens is 3. The molecule has 1 rings (SSSR count). The highest BCUT2D eigenvalue weighted by atomic mass is 32.3. The van der Waals surface area contributed by atoms with Gasteiger partial charge in [0.25, 0.3) is 0 Å². The molecule has 1 saturated heterocycles. The van der Waals surface area contributed by atoms with Crippen LogP contribution in [0.25, 0.3) is 0 Å². The van der Waals surface area contributed by atoms with Gasteiger partial charge in [-0.1, -0.05) is 29.6 Å². The van der Waals surface area contributed by atoms with Crippen molar-refractivity contribution in [3.8, 4) is 0 Å². The van der Waals surface area contributed by atoms with Crippen LogP contribution in [0.4, 0.5) is 12.7 Å². The van der Waals surface area contributed by atoms with E-state index in [-0.39, 0.29) is 12.9 Å². The summed E-state index contributed by atoms with van der Waals surface area (Å²) in [6.07, 6.45) is 7.56. The minimum absolute atomic E-state index is 0.0882. The molecule has 0 aromatic carbocycles. The Morgan fingerprint density at radius 3 is 2.20 bits per heavy atom. The first-order valence-electron chi connectivity index (χ1n) is 8.47. The zero-order valence-electron chi connectivity index (χ0n) is 14.1. The number of ether oxygens (including phenoxy) is 3. The van der Waals surface area contributed by atoms with Gasteiger partial charge >= 0.3 is 21.4 Å². The van der Waals surface area contributed by atoms with Gasteiger partial charge in [-0.15, -0.1) is 0 Å². The smallest absolute Gasteiger partial charge is 0.460 e. The molecule has 25 heavy (non-hydrogen) atoms. The van der Waals surface area contributed by atoms with E-state index in [0.717, 1.165) is 51.6 Å². The maximum absolute atomic E-state index is 12.7. The van der Waals surface area contributed by atoms with Crippen LogP contribution >= 0.6 is 0 Å². The Morgan fingerprint density at radius 2 is 1.64 bits per heavy atom. The molecule has 1 atom stereocenters.